The first-order chi connectivity index (χ1) is 14.4. The van der Waals surface area contributed by atoms with Gasteiger partial charge < -0.3 is 18.8 Å². The van der Waals surface area contributed by atoms with Gasteiger partial charge in [0.2, 0.25) is 5.82 Å². The third kappa shape index (κ3) is 5.19. The quantitative estimate of drug-likeness (QED) is 0.431. The first-order valence-electron chi connectivity index (χ1n) is 9.85. The highest BCUT2D eigenvalue weighted by Crippen LogP contribution is 2.35. The third-order valence-electron chi connectivity index (χ3n) is 4.48. The number of aromatic nitrogens is 2. The second kappa shape index (κ2) is 9.76. The highest BCUT2D eigenvalue weighted by atomic mass is 35.5. The van der Waals surface area contributed by atoms with E-state index in [4.69, 9.17) is 25.6 Å². The Morgan fingerprint density at radius 1 is 1.23 bits per heavy atom. The number of halogens is 1. The van der Waals surface area contributed by atoms with Crippen molar-refractivity contribution in [1.82, 2.24) is 10.1 Å². The van der Waals surface area contributed by atoms with E-state index >= 15 is 0 Å². The molecule has 0 spiro atoms. The van der Waals surface area contributed by atoms with Crippen molar-refractivity contribution in [2.24, 2.45) is 0 Å². The summed E-state index contributed by atoms with van der Waals surface area (Å²) in [5.74, 6) is 2.25. The van der Waals surface area contributed by atoms with Crippen LogP contribution in [0.25, 0.3) is 22.8 Å². The maximum Gasteiger partial charge on any atom is 0.258 e. The number of nitrogens with zero attached hydrogens (tertiary/aromatic N) is 2. The molecule has 0 saturated heterocycles. The summed E-state index contributed by atoms with van der Waals surface area (Å²) in [6.07, 6.45) is 2.06. The SMILES string of the molecule is COc1c(CCCC(C)=O)cccc1-c1noc(-c2ccc(OC(C)C)c(Cl)c2)n1. The molecule has 158 valence electrons. The summed E-state index contributed by atoms with van der Waals surface area (Å²) in [6.45, 7) is 5.48. The number of para-hydroxylation sites is 1. The Morgan fingerprint density at radius 2 is 2.03 bits per heavy atom. The molecule has 0 saturated carbocycles. The molecule has 30 heavy (non-hydrogen) atoms. The van der Waals surface area contributed by atoms with Gasteiger partial charge in [-0.15, -0.1) is 0 Å². The van der Waals surface area contributed by atoms with Gasteiger partial charge in [-0.25, -0.2) is 0 Å². The summed E-state index contributed by atoms with van der Waals surface area (Å²) in [5, 5.41) is 4.60. The molecule has 3 rings (SSSR count). The van der Waals surface area contributed by atoms with Crippen molar-refractivity contribution in [2.45, 2.75) is 46.1 Å². The van der Waals surface area contributed by atoms with Gasteiger partial charge in [0, 0.05) is 12.0 Å². The second-order valence-corrected chi connectivity index (χ2v) is 7.70. The summed E-state index contributed by atoms with van der Waals surface area (Å²) in [7, 11) is 1.61. The van der Waals surface area contributed by atoms with E-state index in [-0.39, 0.29) is 11.9 Å². The maximum atomic E-state index is 11.2. The monoisotopic (exact) mass is 428 g/mol. The molecule has 1 heterocycles. The van der Waals surface area contributed by atoms with Gasteiger partial charge in [-0.05, 0) is 63.4 Å². The van der Waals surface area contributed by atoms with Gasteiger partial charge in [0.15, 0.2) is 0 Å². The summed E-state index contributed by atoms with van der Waals surface area (Å²) in [4.78, 5) is 15.8. The number of rotatable bonds is 9. The molecule has 0 atom stereocenters. The zero-order valence-corrected chi connectivity index (χ0v) is 18.3. The Hall–Kier alpha value is -2.86. The third-order valence-corrected chi connectivity index (χ3v) is 4.78. The van der Waals surface area contributed by atoms with E-state index in [0.717, 1.165) is 24.0 Å². The molecule has 0 radical (unpaired) electrons. The lowest BCUT2D eigenvalue weighted by Crippen LogP contribution is -2.05. The van der Waals surface area contributed by atoms with Crippen molar-refractivity contribution >= 4 is 17.4 Å². The molecule has 0 aliphatic heterocycles. The highest BCUT2D eigenvalue weighted by Gasteiger charge is 2.18. The molecule has 0 unspecified atom stereocenters. The fraction of sp³-hybridized carbons (Fsp3) is 0.348. The molecule has 0 amide bonds. The maximum absolute atomic E-state index is 11.2. The van der Waals surface area contributed by atoms with Crippen LogP contribution in [0.15, 0.2) is 40.9 Å². The van der Waals surface area contributed by atoms with Crippen LogP contribution in [0.4, 0.5) is 0 Å². The van der Waals surface area contributed by atoms with Gasteiger partial charge in [-0.3, -0.25) is 0 Å². The van der Waals surface area contributed by atoms with Crippen LogP contribution in [0.5, 0.6) is 11.5 Å². The highest BCUT2D eigenvalue weighted by molar-refractivity contribution is 6.32. The predicted octanol–water partition coefficient (Wildman–Crippen LogP) is 5.76. The average Bonchev–Trinajstić information content (AvgIpc) is 3.18. The number of aryl methyl sites for hydroxylation is 1. The van der Waals surface area contributed by atoms with E-state index in [1.807, 2.05) is 38.1 Å². The molecule has 2 aromatic carbocycles. The molecule has 0 fully saturated rings. The van der Waals surface area contributed by atoms with Crippen LogP contribution >= 0.6 is 11.6 Å². The molecule has 0 bridgehead atoms. The van der Waals surface area contributed by atoms with E-state index in [1.54, 1.807) is 26.2 Å². The number of Topliss-reactive ketones (excluding diaryl/α,β-unsaturated/α-hetero) is 1. The minimum Gasteiger partial charge on any atom is -0.496 e. The number of hydrogen-bond donors (Lipinski definition) is 0. The molecule has 3 aromatic rings. The normalized spacial score (nSPS) is 11.0. The Labute approximate surface area is 181 Å². The van der Waals surface area contributed by atoms with Gasteiger partial charge >= 0.3 is 0 Å². The van der Waals surface area contributed by atoms with Crippen molar-refractivity contribution in [3.8, 4) is 34.3 Å². The van der Waals surface area contributed by atoms with E-state index < -0.39 is 0 Å². The van der Waals surface area contributed by atoms with Gasteiger partial charge in [0.25, 0.3) is 5.89 Å². The molecular formula is C23H25ClN2O4. The molecular weight excluding hydrogens is 404 g/mol. The minimum atomic E-state index is 0.0264. The molecule has 0 N–H and O–H groups in total. The standard InChI is InChI=1S/C23H25ClN2O4/c1-14(2)29-20-12-11-17(13-19(20)24)23-25-22(26-30-23)18-10-6-9-16(21(18)28-4)8-5-7-15(3)27/h6,9-14H,5,7-8H2,1-4H3. The van der Waals surface area contributed by atoms with Gasteiger partial charge in [-0.2, -0.15) is 4.98 Å². The number of carbonyl (C=O) groups is 1. The molecule has 7 heteroatoms. The molecule has 6 nitrogen and oxygen atoms in total. The lowest BCUT2D eigenvalue weighted by molar-refractivity contribution is -0.117. The van der Waals surface area contributed by atoms with Gasteiger partial charge in [0.05, 0.1) is 23.8 Å². The summed E-state index contributed by atoms with van der Waals surface area (Å²) >= 11 is 6.33. The largest absolute Gasteiger partial charge is 0.496 e. The number of methoxy groups -OCH3 is 1. The fourth-order valence-corrected chi connectivity index (χ4v) is 3.39. The number of ether oxygens (including phenoxy) is 2. The lowest BCUT2D eigenvalue weighted by atomic mass is 10.0. The summed E-state index contributed by atoms with van der Waals surface area (Å²) in [6, 6.07) is 11.1. The molecule has 0 aliphatic rings. The van der Waals surface area contributed by atoms with Gasteiger partial charge in [0.1, 0.15) is 17.3 Å². The van der Waals surface area contributed by atoms with E-state index in [1.165, 1.54) is 0 Å². The Balaban J connectivity index is 1.87. The summed E-state index contributed by atoms with van der Waals surface area (Å²) in [5.41, 5.74) is 2.44. The number of carbonyl (C=O) groups excluding carboxylic acids is 1. The van der Waals surface area contributed by atoms with Crippen molar-refractivity contribution < 1.29 is 18.8 Å². The number of benzene rings is 2. The van der Waals surface area contributed by atoms with Crippen molar-refractivity contribution in [3.05, 3.63) is 47.0 Å². The van der Waals surface area contributed by atoms with Crippen LogP contribution in [0.1, 0.15) is 39.2 Å². The first-order valence-corrected chi connectivity index (χ1v) is 10.2. The van der Waals surface area contributed by atoms with E-state index in [9.17, 15) is 4.79 Å². The van der Waals surface area contributed by atoms with Gasteiger partial charge in [-0.1, -0.05) is 28.9 Å². The van der Waals surface area contributed by atoms with Crippen LogP contribution in [-0.2, 0) is 11.2 Å². The zero-order valence-electron chi connectivity index (χ0n) is 17.6. The Kier molecular flexibility index (Phi) is 7.11. The van der Waals surface area contributed by atoms with Crippen molar-refractivity contribution in [1.29, 1.82) is 0 Å². The predicted molar refractivity (Wildman–Crippen MR) is 116 cm³/mol. The molecule has 0 aliphatic carbocycles. The fourth-order valence-electron chi connectivity index (χ4n) is 3.16. The van der Waals surface area contributed by atoms with E-state index in [2.05, 4.69) is 10.1 Å². The van der Waals surface area contributed by atoms with Crippen LogP contribution in [0.3, 0.4) is 0 Å². The number of hydrogen-bond acceptors (Lipinski definition) is 6. The Bertz CT molecular complexity index is 1030. The average molecular weight is 429 g/mol. The van der Waals surface area contributed by atoms with Crippen LogP contribution < -0.4 is 9.47 Å². The smallest absolute Gasteiger partial charge is 0.258 e. The number of ketones is 1. The lowest BCUT2D eigenvalue weighted by Gasteiger charge is -2.11. The first kappa shape index (κ1) is 21.8. The van der Waals surface area contributed by atoms with Crippen LogP contribution in [0, 0.1) is 0 Å². The second-order valence-electron chi connectivity index (χ2n) is 7.29. The summed E-state index contributed by atoms with van der Waals surface area (Å²) < 4.78 is 16.8. The minimum absolute atomic E-state index is 0.0264. The van der Waals surface area contributed by atoms with E-state index in [0.29, 0.717) is 40.2 Å². The molecule has 1 aromatic heterocycles. The zero-order chi connectivity index (χ0) is 21.7. The topological polar surface area (TPSA) is 74.5 Å². The Morgan fingerprint density at radius 3 is 2.70 bits per heavy atom. The van der Waals surface area contributed by atoms with Crippen molar-refractivity contribution in [2.75, 3.05) is 7.11 Å². The van der Waals surface area contributed by atoms with Crippen LogP contribution in [0.2, 0.25) is 5.02 Å². The van der Waals surface area contributed by atoms with Crippen LogP contribution in [-0.4, -0.2) is 29.1 Å². The van der Waals surface area contributed by atoms with Crippen molar-refractivity contribution in [3.63, 3.8) is 0 Å².